The van der Waals surface area contributed by atoms with Crippen molar-refractivity contribution in [2.45, 2.75) is 32.4 Å². The predicted molar refractivity (Wildman–Crippen MR) is 112 cm³/mol. The lowest BCUT2D eigenvalue weighted by atomic mass is 10.0. The molecular weight excluding hydrogens is 378 g/mol. The van der Waals surface area contributed by atoms with Gasteiger partial charge < -0.3 is 15.4 Å². The van der Waals surface area contributed by atoms with Gasteiger partial charge in [0.25, 0.3) is 0 Å². The molecule has 0 saturated carbocycles. The molecule has 0 aliphatic carbocycles. The Balaban J connectivity index is 1.69. The first-order valence-electron chi connectivity index (χ1n) is 9.89. The molecule has 9 heteroatoms. The van der Waals surface area contributed by atoms with Crippen LogP contribution in [0.4, 0.5) is 0 Å². The Bertz CT molecular complexity index is 689. The zero-order chi connectivity index (χ0) is 20.2. The van der Waals surface area contributed by atoms with E-state index in [0.717, 1.165) is 50.7 Å². The summed E-state index contributed by atoms with van der Waals surface area (Å²) in [6.45, 7) is 6.91. The molecule has 1 aliphatic rings. The predicted octanol–water partition coefficient (Wildman–Crippen LogP) is 0.662. The Morgan fingerprint density at radius 3 is 2.75 bits per heavy atom. The van der Waals surface area contributed by atoms with Crippen LogP contribution in [0.15, 0.2) is 29.4 Å². The number of nitrogens with one attached hydrogen (secondary N) is 2. The van der Waals surface area contributed by atoms with E-state index in [1.165, 1.54) is 6.26 Å². The highest BCUT2D eigenvalue weighted by Gasteiger charge is 2.20. The fourth-order valence-electron chi connectivity index (χ4n) is 3.00. The molecule has 0 unspecified atom stereocenters. The van der Waals surface area contributed by atoms with Gasteiger partial charge in [-0.15, -0.1) is 0 Å². The van der Waals surface area contributed by atoms with E-state index in [2.05, 4.69) is 31.6 Å². The molecule has 8 nitrogen and oxygen atoms in total. The van der Waals surface area contributed by atoms with E-state index >= 15 is 0 Å². The molecule has 1 aromatic rings. The van der Waals surface area contributed by atoms with Crippen molar-refractivity contribution >= 4 is 15.8 Å². The van der Waals surface area contributed by atoms with Gasteiger partial charge in [-0.2, -0.15) is 0 Å². The Morgan fingerprint density at radius 2 is 2.11 bits per heavy atom. The summed E-state index contributed by atoms with van der Waals surface area (Å²) in [5.41, 5.74) is 1.11. The summed E-state index contributed by atoms with van der Waals surface area (Å²) in [5, 5.41) is 6.76. The average Bonchev–Trinajstić information content (AvgIpc) is 2.66. The van der Waals surface area contributed by atoms with Crippen molar-refractivity contribution in [3.63, 3.8) is 0 Å². The third kappa shape index (κ3) is 9.48. The second-order valence-corrected chi connectivity index (χ2v) is 9.28. The van der Waals surface area contributed by atoms with Crippen LogP contribution in [0.5, 0.6) is 0 Å². The van der Waals surface area contributed by atoms with E-state index in [1.54, 1.807) is 0 Å². The van der Waals surface area contributed by atoms with E-state index in [9.17, 15) is 8.42 Å². The molecule has 2 rings (SSSR count). The number of aliphatic imine (C=N–C) groups is 1. The highest BCUT2D eigenvalue weighted by molar-refractivity contribution is 7.90. The number of aromatic nitrogens is 1. The molecule has 0 aromatic carbocycles. The Kier molecular flexibility index (Phi) is 9.66. The van der Waals surface area contributed by atoms with Gasteiger partial charge in [-0.3, -0.25) is 14.9 Å². The SMILES string of the molecule is CCNC(=NCCOCCS(C)(=O)=O)NC1CCN(Cc2ccccn2)CC1. The van der Waals surface area contributed by atoms with Crippen molar-refractivity contribution in [2.24, 2.45) is 4.99 Å². The molecule has 0 atom stereocenters. The van der Waals surface area contributed by atoms with Gasteiger partial charge in [0.15, 0.2) is 5.96 Å². The second-order valence-electron chi connectivity index (χ2n) is 7.02. The van der Waals surface area contributed by atoms with Gasteiger partial charge in [-0.1, -0.05) is 6.07 Å². The quantitative estimate of drug-likeness (QED) is 0.332. The summed E-state index contributed by atoms with van der Waals surface area (Å²) < 4.78 is 27.5. The highest BCUT2D eigenvalue weighted by atomic mass is 32.2. The summed E-state index contributed by atoms with van der Waals surface area (Å²) >= 11 is 0. The van der Waals surface area contributed by atoms with Crippen LogP contribution in [0, 0.1) is 0 Å². The number of sulfone groups is 1. The van der Waals surface area contributed by atoms with Gasteiger partial charge in [0.05, 0.1) is 31.2 Å². The summed E-state index contributed by atoms with van der Waals surface area (Å²) in [6, 6.07) is 6.43. The summed E-state index contributed by atoms with van der Waals surface area (Å²) in [7, 11) is -2.97. The standard InChI is InChI=1S/C19H33N5O3S/c1-3-20-19(22-10-13-27-14-15-28(2,25)26)23-17-7-11-24(12-8-17)16-18-6-4-5-9-21-18/h4-6,9,17H,3,7-8,10-16H2,1-2H3,(H2,20,22,23). The van der Waals surface area contributed by atoms with Gasteiger partial charge in [-0.25, -0.2) is 8.42 Å². The topological polar surface area (TPSA) is 95.9 Å². The Labute approximate surface area is 168 Å². The maximum Gasteiger partial charge on any atom is 0.191 e. The molecular formula is C19H33N5O3S. The summed E-state index contributed by atoms with van der Waals surface area (Å²) in [5.74, 6) is 0.837. The number of ether oxygens (including phenoxy) is 1. The van der Waals surface area contributed by atoms with Gasteiger partial charge in [0.1, 0.15) is 9.84 Å². The minimum atomic E-state index is -2.97. The molecule has 0 radical (unpaired) electrons. The van der Waals surface area contributed by atoms with Crippen molar-refractivity contribution in [1.82, 2.24) is 20.5 Å². The lowest BCUT2D eigenvalue weighted by Crippen LogP contribution is -2.48. The maximum atomic E-state index is 11.1. The summed E-state index contributed by atoms with van der Waals surface area (Å²) in [6.07, 6.45) is 5.17. The monoisotopic (exact) mass is 411 g/mol. The number of guanidine groups is 1. The van der Waals surface area contributed by atoms with E-state index in [0.29, 0.717) is 19.2 Å². The molecule has 158 valence electrons. The van der Waals surface area contributed by atoms with Crippen LogP contribution < -0.4 is 10.6 Å². The van der Waals surface area contributed by atoms with Crippen molar-refractivity contribution < 1.29 is 13.2 Å². The van der Waals surface area contributed by atoms with Crippen LogP contribution in [0.1, 0.15) is 25.5 Å². The maximum absolute atomic E-state index is 11.1. The molecule has 2 N–H and O–H groups in total. The Hall–Kier alpha value is -1.71. The van der Waals surface area contributed by atoms with E-state index < -0.39 is 9.84 Å². The smallest absolute Gasteiger partial charge is 0.191 e. The lowest BCUT2D eigenvalue weighted by Gasteiger charge is -2.32. The van der Waals surface area contributed by atoms with Crippen molar-refractivity contribution in [2.75, 3.05) is 51.4 Å². The zero-order valence-corrected chi connectivity index (χ0v) is 17.7. The fraction of sp³-hybridized carbons (Fsp3) is 0.684. The Morgan fingerprint density at radius 1 is 1.32 bits per heavy atom. The molecule has 1 fully saturated rings. The van der Waals surface area contributed by atoms with E-state index in [-0.39, 0.29) is 12.4 Å². The number of hydrogen-bond acceptors (Lipinski definition) is 6. The first kappa shape index (κ1) is 22.6. The van der Waals surface area contributed by atoms with Gasteiger partial charge >= 0.3 is 0 Å². The largest absolute Gasteiger partial charge is 0.378 e. The molecule has 28 heavy (non-hydrogen) atoms. The van der Waals surface area contributed by atoms with Crippen LogP contribution >= 0.6 is 0 Å². The normalized spacial score (nSPS) is 16.9. The fourth-order valence-corrected chi connectivity index (χ4v) is 3.42. The highest BCUT2D eigenvalue weighted by Crippen LogP contribution is 2.12. The minimum absolute atomic E-state index is 0.0477. The van der Waals surface area contributed by atoms with Crippen molar-refractivity contribution in [3.8, 4) is 0 Å². The van der Waals surface area contributed by atoms with E-state index in [4.69, 9.17) is 4.74 Å². The van der Waals surface area contributed by atoms with Crippen LogP contribution in [0.3, 0.4) is 0 Å². The molecule has 0 bridgehead atoms. The molecule has 1 saturated heterocycles. The number of hydrogen-bond donors (Lipinski definition) is 2. The molecule has 1 aromatic heterocycles. The third-order valence-corrected chi connectivity index (χ3v) is 5.40. The zero-order valence-electron chi connectivity index (χ0n) is 16.9. The van der Waals surface area contributed by atoms with Crippen molar-refractivity contribution in [1.29, 1.82) is 0 Å². The molecule has 0 amide bonds. The van der Waals surface area contributed by atoms with Gasteiger partial charge in [0, 0.05) is 44.7 Å². The van der Waals surface area contributed by atoms with Crippen LogP contribution in [-0.2, 0) is 21.1 Å². The molecule has 1 aliphatic heterocycles. The van der Waals surface area contributed by atoms with Crippen molar-refractivity contribution in [3.05, 3.63) is 30.1 Å². The number of pyridine rings is 1. The summed E-state index contributed by atoms with van der Waals surface area (Å²) in [4.78, 5) is 11.4. The second kappa shape index (κ2) is 12.0. The number of piperidine rings is 1. The number of nitrogens with zero attached hydrogens (tertiary/aromatic N) is 3. The van der Waals surface area contributed by atoms with Gasteiger partial charge in [0.2, 0.25) is 0 Å². The number of rotatable bonds is 10. The lowest BCUT2D eigenvalue weighted by molar-refractivity contribution is 0.157. The molecule has 0 spiro atoms. The average molecular weight is 412 g/mol. The molecule has 2 heterocycles. The first-order chi connectivity index (χ1) is 13.5. The van der Waals surface area contributed by atoms with E-state index in [1.807, 2.05) is 25.3 Å². The van der Waals surface area contributed by atoms with Crippen LogP contribution in [-0.4, -0.2) is 81.7 Å². The van der Waals surface area contributed by atoms with Gasteiger partial charge in [-0.05, 0) is 31.9 Å². The number of likely N-dealkylation sites (tertiary alicyclic amines) is 1. The first-order valence-corrected chi connectivity index (χ1v) is 11.9. The third-order valence-electron chi connectivity index (χ3n) is 4.49. The van der Waals surface area contributed by atoms with Crippen LogP contribution in [0.25, 0.3) is 0 Å². The van der Waals surface area contributed by atoms with Crippen LogP contribution in [0.2, 0.25) is 0 Å². The minimum Gasteiger partial charge on any atom is -0.378 e.